The highest BCUT2D eigenvalue weighted by Gasteiger charge is 2.14. The SMILES string of the molecule is CS(=O)Cc1cccc(C(=O)Nc2nc(CN3CCCCC3)cs2)c1. The van der Waals surface area contributed by atoms with Gasteiger partial charge in [0.1, 0.15) is 0 Å². The number of benzene rings is 1. The van der Waals surface area contributed by atoms with Crippen molar-refractivity contribution in [1.82, 2.24) is 9.88 Å². The molecule has 1 aliphatic rings. The second-order valence-electron chi connectivity index (χ2n) is 6.35. The first-order valence-corrected chi connectivity index (χ1v) is 11.1. The number of anilines is 1. The van der Waals surface area contributed by atoms with Gasteiger partial charge in [-0.25, -0.2) is 4.98 Å². The molecule has 3 rings (SSSR count). The Morgan fingerprint density at radius 2 is 2.12 bits per heavy atom. The lowest BCUT2D eigenvalue weighted by Gasteiger charge is -2.25. The van der Waals surface area contributed by atoms with Crippen LogP contribution in [0.25, 0.3) is 0 Å². The normalized spacial score (nSPS) is 16.5. The van der Waals surface area contributed by atoms with Gasteiger partial charge in [0.2, 0.25) is 0 Å². The molecule has 134 valence electrons. The Labute approximate surface area is 154 Å². The number of likely N-dealkylation sites (tertiary alicyclic amines) is 1. The average Bonchev–Trinajstić information content (AvgIpc) is 3.02. The molecule has 0 spiro atoms. The highest BCUT2D eigenvalue weighted by molar-refractivity contribution is 7.83. The second-order valence-corrected chi connectivity index (χ2v) is 8.65. The quantitative estimate of drug-likeness (QED) is 0.839. The zero-order chi connectivity index (χ0) is 17.6. The van der Waals surface area contributed by atoms with E-state index in [9.17, 15) is 9.00 Å². The largest absolute Gasteiger partial charge is 0.298 e. The summed E-state index contributed by atoms with van der Waals surface area (Å²) in [5, 5.41) is 5.51. The van der Waals surface area contributed by atoms with Crippen LogP contribution in [0.2, 0.25) is 0 Å². The van der Waals surface area contributed by atoms with Gasteiger partial charge in [-0.2, -0.15) is 0 Å². The van der Waals surface area contributed by atoms with Gasteiger partial charge in [0.05, 0.1) is 5.69 Å². The summed E-state index contributed by atoms with van der Waals surface area (Å²) in [5.41, 5.74) is 2.48. The Balaban J connectivity index is 1.60. The van der Waals surface area contributed by atoms with Crippen molar-refractivity contribution in [3.05, 3.63) is 46.5 Å². The summed E-state index contributed by atoms with van der Waals surface area (Å²) >= 11 is 1.46. The highest BCUT2D eigenvalue weighted by Crippen LogP contribution is 2.20. The third kappa shape index (κ3) is 5.45. The number of piperidine rings is 1. The van der Waals surface area contributed by atoms with Gasteiger partial charge in [-0.05, 0) is 43.6 Å². The van der Waals surface area contributed by atoms with Crippen molar-refractivity contribution in [2.45, 2.75) is 31.6 Å². The molecule has 0 aliphatic carbocycles. The Morgan fingerprint density at radius 1 is 1.32 bits per heavy atom. The molecule has 1 saturated heterocycles. The number of carbonyl (C=O) groups excluding carboxylic acids is 1. The maximum atomic E-state index is 12.4. The lowest BCUT2D eigenvalue weighted by Crippen LogP contribution is -2.29. The number of nitrogens with one attached hydrogen (secondary N) is 1. The molecule has 0 radical (unpaired) electrons. The van der Waals surface area contributed by atoms with Crippen LogP contribution in [0, 0.1) is 0 Å². The van der Waals surface area contributed by atoms with Crippen LogP contribution >= 0.6 is 11.3 Å². The number of carbonyl (C=O) groups is 1. The summed E-state index contributed by atoms with van der Waals surface area (Å²) in [6.07, 6.45) is 5.49. The predicted molar refractivity (Wildman–Crippen MR) is 103 cm³/mol. The molecule has 1 N–H and O–H groups in total. The summed E-state index contributed by atoms with van der Waals surface area (Å²) in [5.74, 6) is 0.279. The zero-order valence-corrected chi connectivity index (χ0v) is 16.0. The molecule has 2 aromatic rings. The first-order chi connectivity index (χ1) is 12.1. The van der Waals surface area contributed by atoms with E-state index in [1.807, 2.05) is 17.5 Å². The van der Waals surface area contributed by atoms with Crippen molar-refractivity contribution in [2.75, 3.05) is 24.7 Å². The van der Waals surface area contributed by atoms with E-state index in [-0.39, 0.29) is 5.91 Å². The Bertz CT molecular complexity index is 754. The van der Waals surface area contributed by atoms with Crippen molar-refractivity contribution < 1.29 is 9.00 Å². The van der Waals surface area contributed by atoms with E-state index >= 15 is 0 Å². The maximum Gasteiger partial charge on any atom is 0.257 e. The van der Waals surface area contributed by atoms with E-state index in [4.69, 9.17) is 0 Å². The maximum absolute atomic E-state index is 12.4. The predicted octanol–water partition coefficient (Wildman–Crippen LogP) is 3.26. The molecule has 0 saturated carbocycles. The van der Waals surface area contributed by atoms with Crippen LogP contribution in [0.5, 0.6) is 0 Å². The minimum absolute atomic E-state index is 0.178. The van der Waals surface area contributed by atoms with E-state index < -0.39 is 10.8 Å². The molecule has 5 nitrogen and oxygen atoms in total. The Kier molecular flexibility index (Phi) is 6.34. The number of hydrogen-bond acceptors (Lipinski definition) is 5. The molecule has 7 heteroatoms. The number of nitrogens with zero attached hydrogens (tertiary/aromatic N) is 2. The second kappa shape index (κ2) is 8.69. The molecule has 1 aliphatic heterocycles. The van der Waals surface area contributed by atoms with Crippen LogP contribution in [0.4, 0.5) is 5.13 Å². The fourth-order valence-electron chi connectivity index (χ4n) is 2.99. The molecule has 2 heterocycles. The van der Waals surface area contributed by atoms with Crippen LogP contribution in [0.15, 0.2) is 29.6 Å². The molecule has 1 aromatic carbocycles. The van der Waals surface area contributed by atoms with Gasteiger partial charge < -0.3 is 0 Å². The summed E-state index contributed by atoms with van der Waals surface area (Å²) in [6.45, 7) is 3.11. The van der Waals surface area contributed by atoms with Gasteiger partial charge in [-0.15, -0.1) is 11.3 Å². The minimum atomic E-state index is -0.923. The molecule has 1 aromatic heterocycles. The van der Waals surface area contributed by atoms with Crippen molar-refractivity contribution in [1.29, 1.82) is 0 Å². The van der Waals surface area contributed by atoms with Crippen molar-refractivity contribution >= 4 is 33.2 Å². The van der Waals surface area contributed by atoms with Crippen LogP contribution < -0.4 is 5.32 Å². The molecule has 1 amide bonds. The summed E-state index contributed by atoms with van der Waals surface area (Å²) < 4.78 is 11.3. The first kappa shape index (κ1) is 18.2. The standard InChI is InChI=1S/C18H23N3O2S2/c1-25(23)13-14-6-5-7-15(10-14)17(22)20-18-19-16(12-24-18)11-21-8-3-2-4-9-21/h5-7,10,12H,2-4,8-9,11,13H2,1H3,(H,19,20,22). The third-order valence-electron chi connectivity index (χ3n) is 4.17. The molecule has 1 unspecified atom stereocenters. The van der Waals surface area contributed by atoms with Gasteiger partial charge >= 0.3 is 0 Å². The minimum Gasteiger partial charge on any atom is -0.298 e. The monoisotopic (exact) mass is 377 g/mol. The Morgan fingerprint density at radius 3 is 2.88 bits per heavy atom. The summed E-state index contributed by atoms with van der Waals surface area (Å²) in [7, 11) is -0.923. The summed E-state index contributed by atoms with van der Waals surface area (Å²) in [6, 6.07) is 7.26. The van der Waals surface area contributed by atoms with Crippen LogP contribution in [-0.4, -0.2) is 39.3 Å². The molecular weight excluding hydrogens is 354 g/mol. The first-order valence-electron chi connectivity index (χ1n) is 8.47. The molecule has 1 atom stereocenters. The molecule has 0 bridgehead atoms. The van der Waals surface area contributed by atoms with Gasteiger partial charge in [0.25, 0.3) is 5.91 Å². The zero-order valence-electron chi connectivity index (χ0n) is 14.4. The van der Waals surface area contributed by atoms with E-state index in [0.717, 1.165) is 30.9 Å². The fourth-order valence-corrected chi connectivity index (χ4v) is 4.34. The third-order valence-corrected chi connectivity index (χ3v) is 5.71. The lowest BCUT2D eigenvalue weighted by molar-refractivity contribution is 0.102. The smallest absolute Gasteiger partial charge is 0.257 e. The number of aromatic nitrogens is 1. The average molecular weight is 378 g/mol. The number of amides is 1. The van der Waals surface area contributed by atoms with Crippen LogP contribution in [0.3, 0.4) is 0 Å². The lowest BCUT2D eigenvalue weighted by atomic mass is 10.1. The van der Waals surface area contributed by atoms with Gasteiger partial charge in [-0.3, -0.25) is 19.2 Å². The van der Waals surface area contributed by atoms with Crippen LogP contribution in [0.1, 0.15) is 40.9 Å². The van der Waals surface area contributed by atoms with Crippen molar-refractivity contribution in [2.24, 2.45) is 0 Å². The molecule has 25 heavy (non-hydrogen) atoms. The van der Waals surface area contributed by atoms with E-state index in [1.54, 1.807) is 18.4 Å². The fraction of sp³-hybridized carbons (Fsp3) is 0.444. The van der Waals surface area contributed by atoms with E-state index in [1.165, 1.54) is 30.6 Å². The summed E-state index contributed by atoms with van der Waals surface area (Å²) in [4.78, 5) is 19.4. The van der Waals surface area contributed by atoms with Crippen molar-refractivity contribution in [3.63, 3.8) is 0 Å². The number of hydrogen-bond donors (Lipinski definition) is 1. The van der Waals surface area contributed by atoms with Gasteiger partial charge in [0, 0.05) is 40.3 Å². The highest BCUT2D eigenvalue weighted by atomic mass is 32.2. The van der Waals surface area contributed by atoms with E-state index in [2.05, 4.69) is 15.2 Å². The van der Waals surface area contributed by atoms with Crippen LogP contribution in [-0.2, 0) is 23.1 Å². The van der Waals surface area contributed by atoms with E-state index in [0.29, 0.717) is 16.4 Å². The van der Waals surface area contributed by atoms with Crippen molar-refractivity contribution in [3.8, 4) is 0 Å². The van der Waals surface area contributed by atoms with Gasteiger partial charge in [-0.1, -0.05) is 18.6 Å². The Hall–Kier alpha value is -1.57. The number of rotatable bonds is 6. The van der Waals surface area contributed by atoms with Gasteiger partial charge in [0.15, 0.2) is 5.13 Å². The molecule has 1 fully saturated rings. The topological polar surface area (TPSA) is 62.3 Å². The number of thiazole rings is 1. The molecular formula is C18H23N3O2S2.